The van der Waals surface area contributed by atoms with Gasteiger partial charge in [0.2, 0.25) is 5.91 Å². The van der Waals surface area contributed by atoms with Crippen LogP contribution in [0.4, 0.5) is 11.4 Å². The first-order chi connectivity index (χ1) is 11.1. The molecule has 0 bridgehead atoms. The number of benzene rings is 2. The quantitative estimate of drug-likeness (QED) is 0.924. The second-order valence-electron chi connectivity index (χ2n) is 5.58. The van der Waals surface area contributed by atoms with Crippen molar-refractivity contribution < 1.29 is 9.59 Å². The molecular formula is C18H17ClN2O2. The highest BCUT2D eigenvalue weighted by molar-refractivity contribution is 6.34. The van der Waals surface area contributed by atoms with Gasteiger partial charge in [-0.1, -0.05) is 23.7 Å². The van der Waals surface area contributed by atoms with E-state index < -0.39 is 0 Å². The summed E-state index contributed by atoms with van der Waals surface area (Å²) < 4.78 is 0. The minimum absolute atomic E-state index is 0.154. The Bertz CT molecular complexity index is 773. The minimum Gasteiger partial charge on any atom is -0.322 e. The molecule has 2 amide bonds. The van der Waals surface area contributed by atoms with Crippen LogP contribution in [-0.2, 0) is 4.79 Å². The lowest BCUT2D eigenvalue weighted by Crippen LogP contribution is -2.24. The van der Waals surface area contributed by atoms with Crippen LogP contribution in [0, 0.1) is 6.92 Å². The molecule has 0 saturated carbocycles. The normalized spacial score (nSPS) is 14.2. The van der Waals surface area contributed by atoms with Gasteiger partial charge in [-0.3, -0.25) is 9.59 Å². The maximum absolute atomic E-state index is 12.3. The summed E-state index contributed by atoms with van der Waals surface area (Å²) in [4.78, 5) is 25.9. The van der Waals surface area contributed by atoms with Crippen LogP contribution in [0.1, 0.15) is 28.8 Å². The third-order valence-corrected chi connectivity index (χ3v) is 4.27. The van der Waals surface area contributed by atoms with Gasteiger partial charge in [0.25, 0.3) is 5.91 Å². The molecule has 0 aliphatic carbocycles. The fourth-order valence-electron chi connectivity index (χ4n) is 2.78. The standard InChI is InChI=1S/C18H17ClN2O2/c1-12-11-13(8-9-16(12)21-10-4-7-17(21)22)20-18(23)14-5-2-3-6-15(14)19/h2-3,5-6,8-9,11H,4,7,10H2,1H3,(H,20,23). The Labute approximate surface area is 140 Å². The lowest BCUT2D eigenvalue weighted by atomic mass is 10.1. The molecule has 0 atom stereocenters. The fourth-order valence-corrected chi connectivity index (χ4v) is 3.00. The van der Waals surface area contributed by atoms with E-state index in [-0.39, 0.29) is 11.8 Å². The van der Waals surface area contributed by atoms with Crippen molar-refractivity contribution in [3.05, 3.63) is 58.6 Å². The van der Waals surface area contributed by atoms with Crippen LogP contribution in [0.15, 0.2) is 42.5 Å². The van der Waals surface area contributed by atoms with E-state index in [0.717, 1.165) is 24.2 Å². The van der Waals surface area contributed by atoms with E-state index in [4.69, 9.17) is 11.6 Å². The monoisotopic (exact) mass is 328 g/mol. The van der Waals surface area contributed by atoms with Crippen molar-refractivity contribution in [3.8, 4) is 0 Å². The Hall–Kier alpha value is -2.33. The number of hydrogen-bond acceptors (Lipinski definition) is 2. The third kappa shape index (κ3) is 3.22. The predicted molar refractivity (Wildman–Crippen MR) is 92.2 cm³/mol. The molecule has 2 aromatic rings. The number of nitrogens with one attached hydrogen (secondary N) is 1. The van der Waals surface area contributed by atoms with Gasteiger partial charge in [0.15, 0.2) is 0 Å². The van der Waals surface area contributed by atoms with Crippen LogP contribution >= 0.6 is 11.6 Å². The first-order valence-electron chi connectivity index (χ1n) is 7.53. The van der Waals surface area contributed by atoms with Crippen molar-refractivity contribution in [2.45, 2.75) is 19.8 Å². The van der Waals surface area contributed by atoms with Crippen molar-refractivity contribution in [1.29, 1.82) is 0 Å². The van der Waals surface area contributed by atoms with Gasteiger partial charge in [-0.15, -0.1) is 0 Å². The highest BCUT2D eigenvalue weighted by Crippen LogP contribution is 2.28. The molecule has 1 saturated heterocycles. The molecule has 0 radical (unpaired) electrons. The molecule has 1 fully saturated rings. The maximum atomic E-state index is 12.3. The van der Waals surface area contributed by atoms with Gasteiger partial charge in [-0.05, 0) is 49.2 Å². The lowest BCUT2D eigenvalue weighted by Gasteiger charge is -2.19. The molecule has 118 valence electrons. The van der Waals surface area contributed by atoms with Crippen molar-refractivity contribution >= 4 is 34.8 Å². The molecular weight excluding hydrogens is 312 g/mol. The van der Waals surface area contributed by atoms with Crippen LogP contribution in [0.5, 0.6) is 0 Å². The number of aryl methyl sites for hydroxylation is 1. The number of rotatable bonds is 3. The number of halogens is 1. The van der Waals surface area contributed by atoms with Crippen LogP contribution in [-0.4, -0.2) is 18.4 Å². The molecule has 3 rings (SSSR count). The van der Waals surface area contributed by atoms with Gasteiger partial charge in [-0.2, -0.15) is 0 Å². The topological polar surface area (TPSA) is 49.4 Å². The van der Waals surface area contributed by atoms with E-state index in [2.05, 4.69) is 5.32 Å². The minimum atomic E-state index is -0.250. The molecule has 1 N–H and O–H groups in total. The summed E-state index contributed by atoms with van der Waals surface area (Å²) in [7, 11) is 0. The first kappa shape index (κ1) is 15.6. The second-order valence-corrected chi connectivity index (χ2v) is 5.99. The van der Waals surface area contributed by atoms with E-state index in [1.807, 2.05) is 25.1 Å². The Morgan fingerprint density at radius 1 is 1.22 bits per heavy atom. The van der Waals surface area contributed by atoms with Gasteiger partial charge in [0.1, 0.15) is 0 Å². The first-order valence-corrected chi connectivity index (χ1v) is 7.91. The summed E-state index contributed by atoms with van der Waals surface area (Å²) in [6, 6.07) is 12.5. The lowest BCUT2D eigenvalue weighted by molar-refractivity contribution is -0.117. The summed E-state index contributed by atoms with van der Waals surface area (Å²) in [5.41, 5.74) is 2.98. The maximum Gasteiger partial charge on any atom is 0.257 e. The SMILES string of the molecule is Cc1cc(NC(=O)c2ccccc2Cl)ccc1N1CCCC1=O. The van der Waals surface area contributed by atoms with Gasteiger partial charge in [0, 0.05) is 24.3 Å². The van der Waals surface area contributed by atoms with Crippen molar-refractivity contribution in [3.63, 3.8) is 0 Å². The summed E-state index contributed by atoms with van der Waals surface area (Å²) in [5, 5.41) is 3.26. The summed E-state index contributed by atoms with van der Waals surface area (Å²) in [6.45, 7) is 2.69. The van der Waals surface area contributed by atoms with Crippen molar-refractivity contribution in [2.75, 3.05) is 16.8 Å². The number of carbonyl (C=O) groups is 2. The highest BCUT2D eigenvalue weighted by Gasteiger charge is 2.23. The van der Waals surface area contributed by atoms with Gasteiger partial charge in [-0.25, -0.2) is 0 Å². The zero-order chi connectivity index (χ0) is 16.4. The summed E-state index contributed by atoms with van der Waals surface area (Å²) in [6.07, 6.45) is 1.49. The smallest absolute Gasteiger partial charge is 0.257 e. The fraction of sp³-hybridized carbons (Fsp3) is 0.222. The van der Waals surface area contributed by atoms with Crippen LogP contribution in [0.3, 0.4) is 0 Å². The van der Waals surface area contributed by atoms with E-state index in [1.54, 1.807) is 29.2 Å². The van der Waals surface area contributed by atoms with Gasteiger partial charge >= 0.3 is 0 Å². The Kier molecular flexibility index (Phi) is 4.35. The highest BCUT2D eigenvalue weighted by atomic mass is 35.5. The molecule has 5 heteroatoms. The predicted octanol–water partition coefficient (Wildman–Crippen LogP) is 4.03. The zero-order valence-electron chi connectivity index (χ0n) is 12.8. The number of nitrogens with zero attached hydrogens (tertiary/aromatic N) is 1. The van der Waals surface area contributed by atoms with E-state index in [0.29, 0.717) is 22.7 Å². The Morgan fingerprint density at radius 2 is 2.00 bits per heavy atom. The number of carbonyl (C=O) groups excluding carboxylic acids is 2. The average Bonchev–Trinajstić information content (AvgIpc) is 2.94. The van der Waals surface area contributed by atoms with Gasteiger partial charge < -0.3 is 10.2 Å². The summed E-state index contributed by atoms with van der Waals surface area (Å²) >= 11 is 6.04. The number of hydrogen-bond donors (Lipinski definition) is 1. The summed E-state index contributed by atoms with van der Waals surface area (Å²) in [5.74, 6) is -0.0963. The zero-order valence-corrected chi connectivity index (χ0v) is 13.6. The average molecular weight is 329 g/mol. The molecule has 0 aromatic heterocycles. The van der Waals surface area contributed by atoms with E-state index in [1.165, 1.54) is 0 Å². The molecule has 23 heavy (non-hydrogen) atoms. The molecule has 2 aromatic carbocycles. The molecule has 4 nitrogen and oxygen atoms in total. The molecule has 0 unspecified atom stereocenters. The second kappa shape index (κ2) is 6.42. The van der Waals surface area contributed by atoms with E-state index >= 15 is 0 Å². The molecule has 1 aliphatic heterocycles. The number of amides is 2. The largest absolute Gasteiger partial charge is 0.322 e. The van der Waals surface area contributed by atoms with Crippen molar-refractivity contribution in [1.82, 2.24) is 0 Å². The molecule has 1 heterocycles. The molecule has 0 spiro atoms. The van der Waals surface area contributed by atoms with Crippen molar-refractivity contribution in [2.24, 2.45) is 0 Å². The van der Waals surface area contributed by atoms with Crippen LogP contribution in [0.2, 0.25) is 5.02 Å². The number of anilines is 2. The molecule has 1 aliphatic rings. The van der Waals surface area contributed by atoms with E-state index in [9.17, 15) is 9.59 Å². The Morgan fingerprint density at radius 3 is 2.65 bits per heavy atom. The Balaban J connectivity index is 1.79. The third-order valence-electron chi connectivity index (χ3n) is 3.94. The van der Waals surface area contributed by atoms with Crippen LogP contribution in [0.25, 0.3) is 0 Å². The van der Waals surface area contributed by atoms with Crippen LogP contribution < -0.4 is 10.2 Å². The van der Waals surface area contributed by atoms with Gasteiger partial charge in [0.05, 0.1) is 10.6 Å².